The van der Waals surface area contributed by atoms with Crippen molar-refractivity contribution in [2.24, 2.45) is 11.3 Å². The number of thiazole rings is 1. The molecule has 6 heteroatoms. The molecule has 0 aromatic carbocycles. The normalized spacial score (nSPS) is 19.6. The lowest BCUT2D eigenvalue weighted by Gasteiger charge is -2.26. The van der Waals surface area contributed by atoms with E-state index in [4.69, 9.17) is 4.74 Å². The summed E-state index contributed by atoms with van der Waals surface area (Å²) in [7, 11) is 0. The molecule has 1 aromatic heterocycles. The minimum absolute atomic E-state index is 0.000808. The number of nitrogens with one attached hydrogen (secondary N) is 1. The standard InChI is InChI=1S/C17H24N2O3S/c1-17(2,14(20)9-11-5-7-22-8-6-11)15(21)19-16-18-13(10-23-16)12-3-4-12/h10-12H,3-9H2,1-2H3,(H,18,19,21). The highest BCUT2D eigenvalue weighted by Gasteiger charge is 2.37. The van der Waals surface area contributed by atoms with Gasteiger partial charge in [-0.3, -0.25) is 9.59 Å². The second kappa shape index (κ2) is 6.69. The Kier molecular flexibility index (Phi) is 4.82. The molecule has 1 saturated heterocycles. The van der Waals surface area contributed by atoms with Crippen molar-refractivity contribution in [3.05, 3.63) is 11.1 Å². The van der Waals surface area contributed by atoms with E-state index in [0.29, 0.717) is 36.6 Å². The van der Waals surface area contributed by atoms with Gasteiger partial charge in [0.25, 0.3) is 0 Å². The number of amides is 1. The van der Waals surface area contributed by atoms with Crippen LogP contribution in [0.4, 0.5) is 5.13 Å². The van der Waals surface area contributed by atoms with Crippen molar-refractivity contribution in [2.45, 2.75) is 51.9 Å². The Morgan fingerprint density at radius 1 is 1.30 bits per heavy atom. The first-order chi connectivity index (χ1) is 11.0. The maximum Gasteiger partial charge on any atom is 0.239 e. The molecule has 2 fully saturated rings. The highest BCUT2D eigenvalue weighted by atomic mass is 32.1. The van der Waals surface area contributed by atoms with Gasteiger partial charge in [-0.15, -0.1) is 11.3 Å². The summed E-state index contributed by atoms with van der Waals surface area (Å²) in [6, 6.07) is 0. The summed E-state index contributed by atoms with van der Waals surface area (Å²) in [5.41, 5.74) is 0.0422. The van der Waals surface area contributed by atoms with Gasteiger partial charge in [-0.05, 0) is 45.4 Å². The summed E-state index contributed by atoms with van der Waals surface area (Å²) in [6.45, 7) is 4.85. The summed E-state index contributed by atoms with van der Waals surface area (Å²) < 4.78 is 5.32. The van der Waals surface area contributed by atoms with Crippen LogP contribution >= 0.6 is 11.3 Å². The zero-order valence-electron chi connectivity index (χ0n) is 13.8. The summed E-state index contributed by atoms with van der Waals surface area (Å²) >= 11 is 1.44. The fourth-order valence-electron chi connectivity index (χ4n) is 2.76. The zero-order chi connectivity index (χ0) is 16.4. The Morgan fingerprint density at radius 2 is 2.00 bits per heavy atom. The van der Waals surface area contributed by atoms with Crippen molar-refractivity contribution in [2.75, 3.05) is 18.5 Å². The van der Waals surface area contributed by atoms with Crippen molar-refractivity contribution >= 4 is 28.2 Å². The van der Waals surface area contributed by atoms with Gasteiger partial charge in [0.05, 0.1) is 5.69 Å². The van der Waals surface area contributed by atoms with E-state index < -0.39 is 5.41 Å². The largest absolute Gasteiger partial charge is 0.381 e. The van der Waals surface area contributed by atoms with E-state index in [0.717, 1.165) is 18.5 Å². The van der Waals surface area contributed by atoms with Gasteiger partial charge in [0, 0.05) is 30.9 Å². The van der Waals surface area contributed by atoms with E-state index in [-0.39, 0.29) is 11.7 Å². The second-order valence-corrected chi connectivity index (χ2v) is 7.97. The molecule has 1 N–H and O–H groups in total. The van der Waals surface area contributed by atoms with Gasteiger partial charge in [-0.1, -0.05) is 0 Å². The average molecular weight is 336 g/mol. The van der Waals surface area contributed by atoms with Crippen molar-refractivity contribution in [3.63, 3.8) is 0 Å². The molecule has 0 atom stereocenters. The van der Waals surface area contributed by atoms with Crippen LogP contribution in [0.25, 0.3) is 0 Å². The first-order valence-corrected chi connectivity index (χ1v) is 9.22. The van der Waals surface area contributed by atoms with E-state index in [9.17, 15) is 9.59 Å². The van der Waals surface area contributed by atoms with Crippen LogP contribution in [0.1, 0.15) is 57.6 Å². The number of carbonyl (C=O) groups excluding carboxylic acids is 2. The molecule has 1 saturated carbocycles. The van der Waals surface area contributed by atoms with Crippen LogP contribution in [0.15, 0.2) is 5.38 Å². The number of aromatic nitrogens is 1. The lowest BCUT2D eigenvalue weighted by Crippen LogP contribution is -2.39. The Balaban J connectivity index is 1.57. The van der Waals surface area contributed by atoms with Gasteiger partial charge < -0.3 is 10.1 Å². The number of Topliss-reactive ketones (excluding diaryl/α,β-unsaturated/α-hetero) is 1. The molecule has 2 aliphatic rings. The molecule has 5 nitrogen and oxygen atoms in total. The molecule has 1 aliphatic carbocycles. The van der Waals surface area contributed by atoms with Crippen molar-refractivity contribution in [1.82, 2.24) is 4.98 Å². The van der Waals surface area contributed by atoms with E-state index >= 15 is 0 Å². The average Bonchev–Trinajstić information content (AvgIpc) is 3.28. The molecular formula is C17H24N2O3S. The number of anilines is 1. The van der Waals surface area contributed by atoms with Crippen LogP contribution in [-0.4, -0.2) is 29.9 Å². The molecule has 2 heterocycles. The number of rotatable bonds is 6. The van der Waals surface area contributed by atoms with Crippen molar-refractivity contribution in [1.29, 1.82) is 0 Å². The predicted molar refractivity (Wildman–Crippen MR) is 89.7 cm³/mol. The maximum atomic E-state index is 12.6. The van der Waals surface area contributed by atoms with Crippen molar-refractivity contribution < 1.29 is 14.3 Å². The topological polar surface area (TPSA) is 68.3 Å². The highest BCUT2D eigenvalue weighted by molar-refractivity contribution is 7.14. The maximum absolute atomic E-state index is 12.6. The Bertz CT molecular complexity index is 586. The molecule has 0 bridgehead atoms. The third kappa shape index (κ3) is 3.98. The van der Waals surface area contributed by atoms with Gasteiger partial charge in [-0.25, -0.2) is 4.98 Å². The van der Waals surface area contributed by atoms with E-state index in [1.807, 2.05) is 5.38 Å². The molecule has 0 spiro atoms. The molecule has 1 aromatic rings. The van der Waals surface area contributed by atoms with Gasteiger partial charge in [-0.2, -0.15) is 0 Å². The third-order valence-electron chi connectivity index (χ3n) is 4.82. The number of ketones is 1. The van der Waals surface area contributed by atoms with E-state index in [1.165, 1.54) is 24.2 Å². The third-order valence-corrected chi connectivity index (χ3v) is 5.59. The minimum atomic E-state index is -1.02. The molecule has 126 valence electrons. The quantitative estimate of drug-likeness (QED) is 0.809. The van der Waals surface area contributed by atoms with Crippen LogP contribution in [0.2, 0.25) is 0 Å². The Labute approximate surface area is 140 Å². The Morgan fingerprint density at radius 3 is 2.65 bits per heavy atom. The van der Waals surface area contributed by atoms with Crippen molar-refractivity contribution in [3.8, 4) is 0 Å². The number of ether oxygens (including phenoxy) is 1. The first-order valence-electron chi connectivity index (χ1n) is 8.34. The zero-order valence-corrected chi connectivity index (χ0v) is 14.6. The van der Waals surface area contributed by atoms with Gasteiger partial charge in [0.2, 0.25) is 5.91 Å². The van der Waals surface area contributed by atoms with Crippen LogP contribution < -0.4 is 5.32 Å². The lowest BCUT2D eigenvalue weighted by atomic mass is 9.80. The predicted octanol–water partition coefficient (Wildman–Crippen LogP) is 3.37. The smallest absolute Gasteiger partial charge is 0.239 e. The van der Waals surface area contributed by atoms with Crippen LogP contribution in [0.5, 0.6) is 0 Å². The molecule has 1 aliphatic heterocycles. The minimum Gasteiger partial charge on any atom is -0.381 e. The van der Waals surface area contributed by atoms with Crippen LogP contribution in [0, 0.1) is 11.3 Å². The Hall–Kier alpha value is -1.27. The molecule has 3 rings (SSSR count). The SMILES string of the molecule is CC(C)(C(=O)CC1CCOCC1)C(=O)Nc1nc(C2CC2)cs1. The number of hydrogen-bond donors (Lipinski definition) is 1. The fraction of sp³-hybridized carbons (Fsp3) is 0.706. The fourth-order valence-corrected chi connectivity index (χ4v) is 3.55. The monoisotopic (exact) mass is 336 g/mol. The molecule has 0 radical (unpaired) electrons. The molecule has 0 unspecified atom stereocenters. The summed E-state index contributed by atoms with van der Waals surface area (Å²) in [6.07, 6.45) is 4.63. The number of nitrogens with zero attached hydrogens (tertiary/aromatic N) is 1. The molecule has 1 amide bonds. The second-order valence-electron chi connectivity index (χ2n) is 7.11. The van der Waals surface area contributed by atoms with E-state index in [1.54, 1.807) is 13.8 Å². The lowest BCUT2D eigenvalue weighted by molar-refractivity contribution is -0.137. The van der Waals surface area contributed by atoms with Gasteiger partial charge in [0.1, 0.15) is 11.2 Å². The van der Waals surface area contributed by atoms with Gasteiger partial charge in [0.15, 0.2) is 5.13 Å². The molecule has 23 heavy (non-hydrogen) atoms. The summed E-state index contributed by atoms with van der Waals surface area (Å²) in [4.78, 5) is 29.6. The van der Waals surface area contributed by atoms with E-state index in [2.05, 4.69) is 10.3 Å². The number of carbonyl (C=O) groups is 2. The molecular weight excluding hydrogens is 312 g/mol. The first kappa shape index (κ1) is 16.6. The summed E-state index contributed by atoms with van der Waals surface area (Å²) in [5, 5.41) is 5.43. The van der Waals surface area contributed by atoms with Crippen LogP contribution in [0.3, 0.4) is 0 Å². The summed E-state index contributed by atoms with van der Waals surface area (Å²) in [5.74, 6) is 0.650. The highest BCUT2D eigenvalue weighted by Crippen LogP contribution is 2.41. The van der Waals surface area contributed by atoms with Crippen LogP contribution in [-0.2, 0) is 14.3 Å². The number of hydrogen-bond acceptors (Lipinski definition) is 5. The van der Waals surface area contributed by atoms with Gasteiger partial charge >= 0.3 is 0 Å².